The number of morpholine rings is 1. The lowest BCUT2D eigenvalue weighted by atomic mass is 9.95. The molecule has 2 aliphatic heterocycles. The molecular formula is C12H20N2O4. The van der Waals surface area contributed by atoms with Crippen molar-refractivity contribution in [2.75, 3.05) is 32.8 Å². The van der Waals surface area contributed by atoms with Crippen molar-refractivity contribution in [1.29, 1.82) is 0 Å². The number of carbonyl (C=O) groups excluding carboxylic acids is 1. The van der Waals surface area contributed by atoms with Gasteiger partial charge >= 0.3 is 5.97 Å². The molecule has 0 saturated carbocycles. The van der Waals surface area contributed by atoms with Crippen LogP contribution in [0.2, 0.25) is 0 Å². The molecule has 2 rings (SSSR count). The third-order valence-electron chi connectivity index (χ3n) is 3.76. The lowest BCUT2D eigenvalue weighted by molar-refractivity contribution is -0.149. The Morgan fingerprint density at radius 1 is 1.44 bits per heavy atom. The number of ether oxygens (including phenoxy) is 1. The average molecular weight is 256 g/mol. The zero-order valence-corrected chi connectivity index (χ0v) is 10.6. The van der Waals surface area contributed by atoms with E-state index in [1.54, 1.807) is 4.90 Å². The predicted octanol–water partition coefficient (Wildman–Crippen LogP) is -0.456. The summed E-state index contributed by atoms with van der Waals surface area (Å²) in [6.07, 6.45) is -0.0414. The van der Waals surface area contributed by atoms with Gasteiger partial charge in [0, 0.05) is 13.1 Å². The standard InChI is InChI=1S/C12H20N2O4/c1-8-5-13-6-10(8)12(17)14-2-3-18-7-9(14)4-11(15)16/h8-10,13H,2-7H2,1H3,(H,15,16)/t8-,9?,10-/m1/s1. The van der Waals surface area contributed by atoms with E-state index in [-0.39, 0.29) is 24.3 Å². The van der Waals surface area contributed by atoms with Gasteiger partial charge in [-0.2, -0.15) is 0 Å². The number of hydrogen-bond donors (Lipinski definition) is 2. The van der Waals surface area contributed by atoms with E-state index in [0.29, 0.717) is 32.2 Å². The molecule has 2 aliphatic rings. The number of nitrogens with zero attached hydrogens (tertiary/aromatic N) is 1. The Balaban J connectivity index is 2.03. The Morgan fingerprint density at radius 2 is 2.22 bits per heavy atom. The number of rotatable bonds is 3. The van der Waals surface area contributed by atoms with Crippen LogP contribution in [0.1, 0.15) is 13.3 Å². The van der Waals surface area contributed by atoms with Gasteiger partial charge in [-0.05, 0) is 12.5 Å². The van der Waals surface area contributed by atoms with Crippen molar-refractivity contribution in [1.82, 2.24) is 10.2 Å². The molecule has 2 saturated heterocycles. The van der Waals surface area contributed by atoms with Crippen molar-refractivity contribution in [2.24, 2.45) is 11.8 Å². The minimum atomic E-state index is -0.888. The minimum absolute atomic E-state index is 0.0283. The van der Waals surface area contributed by atoms with Crippen molar-refractivity contribution in [3.8, 4) is 0 Å². The quantitative estimate of drug-likeness (QED) is 0.714. The molecule has 0 aliphatic carbocycles. The summed E-state index contributed by atoms with van der Waals surface area (Å²) >= 11 is 0. The van der Waals surface area contributed by atoms with Crippen molar-refractivity contribution in [3.05, 3.63) is 0 Å². The summed E-state index contributed by atoms with van der Waals surface area (Å²) in [6.45, 7) is 4.92. The van der Waals surface area contributed by atoms with Gasteiger partial charge in [-0.3, -0.25) is 9.59 Å². The highest BCUT2D eigenvalue weighted by Gasteiger charge is 2.37. The van der Waals surface area contributed by atoms with Crippen LogP contribution in [0, 0.1) is 11.8 Å². The number of nitrogens with one attached hydrogen (secondary N) is 1. The maximum absolute atomic E-state index is 12.4. The third-order valence-corrected chi connectivity index (χ3v) is 3.76. The van der Waals surface area contributed by atoms with Gasteiger partial charge in [-0.25, -0.2) is 0 Å². The zero-order chi connectivity index (χ0) is 13.1. The van der Waals surface area contributed by atoms with E-state index in [0.717, 1.165) is 6.54 Å². The van der Waals surface area contributed by atoms with Crippen molar-refractivity contribution >= 4 is 11.9 Å². The summed E-state index contributed by atoms with van der Waals surface area (Å²) in [4.78, 5) is 25.0. The molecule has 0 aromatic heterocycles. The molecule has 0 radical (unpaired) electrons. The number of hydrogen-bond acceptors (Lipinski definition) is 4. The van der Waals surface area contributed by atoms with Gasteiger partial charge in [0.15, 0.2) is 0 Å². The molecule has 0 aromatic carbocycles. The van der Waals surface area contributed by atoms with Gasteiger partial charge in [0.1, 0.15) is 0 Å². The fourth-order valence-electron chi connectivity index (χ4n) is 2.67. The number of carboxylic acid groups (broad SMARTS) is 1. The second kappa shape index (κ2) is 5.67. The van der Waals surface area contributed by atoms with Gasteiger partial charge in [0.05, 0.1) is 31.6 Å². The van der Waals surface area contributed by atoms with E-state index in [1.165, 1.54) is 0 Å². The lowest BCUT2D eigenvalue weighted by Gasteiger charge is -2.37. The highest BCUT2D eigenvalue weighted by Crippen LogP contribution is 2.22. The van der Waals surface area contributed by atoms with Crippen LogP contribution in [0.4, 0.5) is 0 Å². The summed E-state index contributed by atoms with van der Waals surface area (Å²) in [6, 6.07) is -0.323. The molecule has 0 bridgehead atoms. The summed E-state index contributed by atoms with van der Waals surface area (Å²) in [5.41, 5.74) is 0. The van der Waals surface area contributed by atoms with Crippen LogP contribution in [0.5, 0.6) is 0 Å². The molecule has 3 atom stereocenters. The van der Waals surface area contributed by atoms with E-state index < -0.39 is 5.97 Å². The summed E-state index contributed by atoms with van der Waals surface area (Å²) in [5, 5.41) is 12.1. The van der Waals surface area contributed by atoms with E-state index in [2.05, 4.69) is 12.2 Å². The van der Waals surface area contributed by atoms with Crippen molar-refractivity contribution in [3.63, 3.8) is 0 Å². The van der Waals surface area contributed by atoms with Gasteiger partial charge < -0.3 is 20.1 Å². The first-order valence-corrected chi connectivity index (χ1v) is 6.40. The van der Waals surface area contributed by atoms with E-state index in [1.807, 2.05) is 0 Å². The summed E-state index contributed by atoms with van der Waals surface area (Å²) in [5.74, 6) is -0.534. The lowest BCUT2D eigenvalue weighted by Crippen LogP contribution is -2.52. The highest BCUT2D eigenvalue weighted by atomic mass is 16.5. The largest absolute Gasteiger partial charge is 0.481 e. The molecule has 2 fully saturated rings. The molecule has 2 heterocycles. The van der Waals surface area contributed by atoms with E-state index in [9.17, 15) is 9.59 Å². The summed E-state index contributed by atoms with van der Waals surface area (Å²) < 4.78 is 5.28. The molecule has 0 aromatic rings. The number of amides is 1. The van der Waals surface area contributed by atoms with Crippen LogP contribution < -0.4 is 5.32 Å². The van der Waals surface area contributed by atoms with Crippen LogP contribution in [-0.4, -0.2) is 60.8 Å². The molecule has 1 unspecified atom stereocenters. The molecule has 1 amide bonds. The SMILES string of the molecule is C[C@@H]1CNC[C@H]1C(=O)N1CCOCC1CC(=O)O. The summed E-state index contributed by atoms with van der Waals surface area (Å²) in [7, 11) is 0. The highest BCUT2D eigenvalue weighted by molar-refractivity contribution is 5.81. The zero-order valence-electron chi connectivity index (χ0n) is 10.6. The fourth-order valence-corrected chi connectivity index (χ4v) is 2.67. The first-order valence-electron chi connectivity index (χ1n) is 6.40. The van der Waals surface area contributed by atoms with Gasteiger partial charge in [0.2, 0.25) is 5.91 Å². The maximum Gasteiger partial charge on any atom is 0.305 e. The average Bonchev–Trinajstić information content (AvgIpc) is 2.74. The van der Waals surface area contributed by atoms with Crippen LogP contribution in [0.3, 0.4) is 0 Å². The van der Waals surface area contributed by atoms with Crippen LogP contribution in [0.15, 0.2) is 0 Å². The van der Waals surface area contributed by atoms with Crippen LogP contribution in [0.25, 0.3) is 0 Å². The Hall–Kier alpha value is -1.14. The third kappa shape index (κ3) is 2.81. The topological polar surface area (TPSA) is 78.9 Å². The second-order valence-corrected chi connectivity index (χ2v) is 5.10. The van der Waals surface area contributed by atoms with Crippen molar-refractivity contribution in [2.45, 2.75) is 19.4 Å². The van der Waals surface area contributed by atoms with E-state index >= 15 is 0 Å². The molecule has 102 valence electrons. The molecule has 0 spiro atoms. The predicted molar refractivity (Wildman–Crippen MR) is 64.1 cm³/mol. The number of carboxylic acids is 1. The molecule has 2 N–H and O–H groups in total. The fraction of sp³-hybridized carbons (Fsp3) is 0.833. The molecule has 6 heteroatoms. The monoisotopic (exact) mass is 256 g/mol. The first-order chi connectivity index (χ1) is 8.59. The van der Waals surface area contributed by atoms with Gasteiger partial charge in [0.25, 0.3) is 0 Å². The van der Waals surface area contributed by atoms with Gasteiger partial charge in [-0.1, -0.05) is 6.92 Å². The Bertz CT molecular complexity index is 334. The maximum atomic E-state index is 12.4. The number of carbonyl (C=O) groups is 2. The Morgan fingerprint density at radius 3 is 2.83 bits per heavy atom. The van der Waals surface area contributed by atoms with E-state index in [4.69, 9.17) is 9.84 Å². The van der Waals surface area contributed by atoms with Crippen LogP contribution >= 0.6 is 0 Å². The molecule has 6 nitrogen and oxygen atoms in total. The van der Waals surface area contributed by atoms with Gasteiger partial charge in [-0.15, -0.1) is 0 Å². The minimum Gasteiger partial charge on any atom is -0.481 e. The molecular weight excluding hydrogens is 236 g/mol. The van der Waals surface area contributed by atoms with Crippen LogP contribution in [-0.2, 0) is 14.3 Å². The smallest absolute Gasteiger partial charge is 0.305 e. The normalized spacial score (nSPS) is 32.5. The Labute approximate surface area is 106 Å². The first kappa shape index (κ1) is 13.3. The Kier molecular flexibility index (Phi) is 4.19. The second-order valence-electron chi connectivity index (χ2n) is 5.10. The van der Waals surface area contributed by atoms with Crippen molar-refractivity contribution < 1.29 is 19.4 Å². The number of aliphatic carboxylic acids is 1. The molecule has 18 heavy (non-hydrogen) atoms.